The second-order valence-electron chi connectivity index (χ2n) is 6.24. The van der Waals surface area contributed by atoms with E-state index in [0.29, 0.717) is 5.92 Å². The summed E-state index contributed by atoms with van der Waals surface area (Å²) in [6.45, 7) is 9.01. The molecule has 0 amide bonds. The quantitative estimate of drug-likeness (QED) is 0.584. The minimum atomic E-state index is -0.277. The zero-order chi connectivity index (χ0) is 15.9. The van der Waals surface area contributed by atoms with E-state index in [0.717, 1.165) is 0 Å². The molecular formula is C20H27Cl2SZr. The topological polar surface area (TPSA) is 0 Å². The molecule has 0 nitrogen and oxygen atoms in total. The molecule has 4 heteroatoms. The van der Waals surface area contributed by atoms with E-state index in [-0.39, 0.29) is 47.6 Å². The second kappa shape index (κ2) is 12.7. The van der Waals surface area contributed by atoms with Crippen LogP contribution in [0.2, 0.25) is 0 Å². The number of rotatable bonds is 4. The molecule has 1 atom stereocenters. The molecule has 1 unspecified atom stereocenters. The second-order valence-corrected chi connectivity index (χ2v) is 12.2. The van der Waals surface area contributed by atoms with E-state index in [1.54, 1.807) is 12.1 Å². The first-order chi connectivity index (χ1) is 10.6. The molecule has 0 saturated carbocycles. The van der Waals surface area contributed by atoms with Crippen molar-refractivity contribution in [2.45, 2.75) is 53.4 Å². The number of fused-ring (bicyclic) bond motifs is 1. The van der Waals surface area contributed by atoms with Gasteiger partial charge in [-0.3, -0.25) is 0 Å². The molecule has 0 fully saturated rings. The van der Waals surface area contributed by atoms with Gasteiger partial charge in [-0.15, -0.1) is 0 Å². The average Bonchev–Trinajstić information content (AvgIpc) is 3.12. The maximum atomic E-state index is 2.48. The average molecular weight is 462 g/mol. The molecule has 131 valence electrons. The van der Waals surface area contributed by atoms with Crippen molar-refractivity contribution in [2.24, 2.45) is 5.92 Å². The normalized spacial score (nSPS) is 19.4. The number of hydrogen-bond donors (Lipinski definition) is 0. The van der Waals surface area contributed by atoms with Gasteiger partial charge in [0.05, 0.1) is 0 Å². The number of hydrogen-bond acceptors (Lipinski definition) is 1. The largest absolute Gasteiger partial charge is 1.00 e. The third kappa shape index (κ3) is 8.17. The van der Waals surface area contributed by atoms with Crippen molar-refractivity contribution in [3.8, 4) is 0 Å². The van der Waals surface area contributed by atoms with Gasteiger partial charge in [-0.2, -0.15) is 0 Å². The van der Waals surface area contributed by atoms with Gasteiger partial charge in [0.25, 0.3) is 0 Å². The van der Waals surface area contributed by atoms with Crippen molar-refractivity contribution >= 4 is 15.0 Å². The Labute approximate surface area is 175 Å². The van der Waals surface area contributed by atoms with Crippen molar-refractivity contribution in [2.75, 3.05) is 0 Å². The molecule has 0 aromatic rings. The summed E-state index contributed by atoms with van der Waals surface area (Å²) in [5, 5.41) is 0. The van der Waals surface area contributed by atoms with Gasteiger partial charge in [0.15, 0.2) is 0 Å². The van der Waals surface area contributed by atoms with Gasteiger partial charge in [0, 0.05) is 10.8 Å². The van der Waals surface area contributed by atoms with Crippen LogP contribution in [0.5, 0.6) is 0 Å². The summed E-state index contributed by atoms with van der Waals surface area (Å²) in [5.74, 6) is 0.634. The van der Waals surface area contributed by atoms with Gasteiger partial charge in [0.2, 0.25) is 0 Å². The van der Waals surface area contributed by atoms with E-state index < -0.39 is 0 Å². The minimum absolute atomic E-state index is 0. The molecule has 1 heterocycles. The Morgan fingerprint density at radius 2 is 2.04 bits per heavy atom. The maximum absolute atomic E-state index is 2.48. The van der Waals surface area contributed by atoms with E-state index in [4.69, 9.17) is 0 Å². The predicted molar refractivity (Wildman–Crippen MR) is 98.7 cm³/mol. The summed E-state index contributed by atoms with van der Waals surface area (Å²) in [7, 11) is 0. The van der Waals surface area contributed by atoms with Gasteiger partial charge in [-0.25, -0.2) is 0 Å². The molecule has 3 rings (SSSR count). The molecule has 0 N–H and O–H groups in total. The molecule has 24 heavy (non-hydrogen) atoms. The molecule has 2 aliphatic carbocycles. The molecule has 1 aliphatic heterocycles. The maximum Gasteiger partial charge on any atom is -1.00 e. The molecule has 0 saturated heterocycles. The van der Waals surface area contributed by atoms with Crippen LogP contribution in [0.4, 0.5) is 0 Å². The fourth-order valence-corrected chi connectivity index (χ4v) is 6.46. The van der Waals surface area contributed by atoms with E-state index in [1.807, 2.05) is 11.8 Å². The molecule has 3 aliphatic rings. The van der Waals surface area contributed by atoms with Crippen LogP contribution in [0.15, 0.2) is 55.1 Å². The molecule has 0 spiro atoms. The first-order valence-electron chi connectivity index (χ1n) is 8.30. The van der Waals surface area contributed by atoms with Gasteiger partial charge in [0.1, 0.15) is 0 Å². The first-order valence-corrected chi connectivity index (χ1v) is 11.6. The van der Waals surface area contributed by atoms with Crippen LogP contribution in [0, 0.1) is 5.92 Å². The number of thioether (sulfide) groups is 1. The molecule has 0 radical (unpaired) electrons. The predicted octanol–water partition coefficient (Wildman–Crippen LogP) is 0.400. The Bertz CT molecular complexity index is 591. The van der Waals surface area contributed by atoms with Gasteiger partial charge in [-0.05, 0) is 11.8 Å². The van der Waals surface area contributed by atoms with Gasteiger partial charge >= 0.3 is 93.4 Å². The van der Waals surface area contributed by atoms with Crippen molar-refractivity contribution in [3.63, 3.8) is 0 Å². The molecule has 0 aromatic heterocycles. The number of unbranched alkanes of at least 4 members (excludes halogenated alkanes) is 1. The fourth-order valence-electron chi connectivity index (χ4n) is 2.73. The van der Waals surface area contributed by atoms with Gasteiger partial charge < -0.3 is 24.8 Å². The minimum Gasteiger partial charge on any atom is -1.00 e. The summed E-state index contributed by atoms with van der Waals surface area (Å²) in [6.07, 6.45) is 19.0. The zero-order valence-electron chi connectivity index (χ0n) is 15.0. The Kier molecular flexibility index (Phi) is 12.9. The summed E-state index contributed by atoms with van der Waals surface area (Å²) in [4.78, 5) is 2.93. The van der Waals surface area contributed by atoms with Gasteiger partial charge in [-0.1, -0.05) is 36.1 Å². The van der Waals surface area contributed by atoms with Crippen LogP contribution in [0.1, 0.15) is 53.4 Å². The van der Waals surface area contributed by atoms with E-state index in [9.17, 15) is 0 Å². The van der Waals surface area contributed by atoms with Crippen molar-refractivity contribution in [1.29, 1.82) is 0 Å². The Hall–Kier alpha value is 0.383. The van der Waals surface area contributed by atoms with Crippen molar-refractivity contribution in [3.05, 3.63) is 55.1 Å². The van der Waals surface area contributed by atoms with E-state index in [2.05, 4.69) is 64.2 Å². The number of allylic oxidation sites excluding steroid dienone is 10. The van der Waals surface area contributed by atoms with Crippen LogP contribution >= 0.6 is 11.8 Å². The van der Waals surface area contributed by atoms with Crippen LogP contribution in [0.25, 0.3) is 0 Å². The first kappa shape index (κ1) is 24.4. The summed E-state index contributed by atoms with van der Waals surface area (Å²) >= 11 is 1.62. The molecule has 0 bridgehead atoms. The third-order valence-corrected chi connectivity index (χ3v) is 7.75. The third-order valence-electron chi connectivity index (χ3n) is 3.77. The zero-order valence-corrected chi connectivity index (χ0v) is 19.8. The van der Waals surface area contributed by atoms with Crippen LogP contribution < -0.4 is 24.8 Å². The number of halogens is 2. The Morgan fingerprint density at radius 1 is 1.29 bits per heavy atom. The summed E-state index contributed by atoms with van der Waals surface area (Å²) in [5.41, 5.74) is 1.61. The Balaban J connectivity index is 0.000000425. The monoisotopic (exact) mass is 459 g/mol. The molecule has 0 aromatic carbocycles. The standard InChI is InChI=1S/C9H13.C8H8S.C3H6.2ClH.Zr/c1-2-3-6-9-7-4-5-8-9;1-6-5-7-3-2-4-8(7)9-6;1-3-2;;;/h7-8H,2-4,6H2,1H3;2-5,7H,1H3;1-2H3;2*1H;/q;;;;;+2/p-2. The van der Waals surface area contributed by atoms with Crippen molar-refractivity contribution in [1.82, 2.24) is 0 Å². The smallest absolute Gasteiger partial charge is 1.00 e. The molecular weight excluding hydrogens is 434 g/mol. The van der Waals surface area contributed by atoms with Crippen LogP contribution in [0.3, 0.4) is 0 Å². The summed E-state index contributed by atoms with van der Waals surface area (Å²) in [6, 6.07) is 0. The fraction of sp³-hybridized carbons (Fsp3) is 0.450. The van der Waals surface area contributed by atoms with Crippen LogP contribution in [-0.2, 0) is 22.8 Å². The van der Waals surface area contributed by atoms with Crippen LogP contribution in [-0.4, -0.2) is 3.21 Å². The summed E-state index contributed by atoms with van der Waals surface area (Å²) < 4.78 is 3.47. The SMILES string of the molecule is CC1=CC2C=CC=C2S1.CCCCC1=CC[C]([Zr+2]=[C](C)C)=C1.[Cl-].[Cl-]. The van der Waals surface area contributed by atoms with E-state index in [1.165, 1.54) is 35.5 Å². The Morgan fingerprint density at radius 3 is 2.67 bits per heavy atom. The van der Waals surface area contributed by atoms with Crippen molar-refractivity contribution < 1.29 is 47.6 Å². The van der Waals surface area contributed by atoms with E-state index >= 15 is 0 Å².